The van der Waals surface area contributed by atoms with Gasteiger partial charge in [-0.25, -0.2) is 4.79 Å². The maximum absolute atomic E-state index is 12.1. The summed E-state index contributed by atoms with van der Waals surface area (Å²) in [5.74, 6) is 0.394. The molecule has 2 unspecified atom stereocenters. The van der Waals surface area contributed by atoms with Crippen molar-refractivity contribution in [1.82, 2.24) is 4.90 Å². The number of amides is 1. The van der Waals surface area contributed by atoms with E-state index in [1.807, 2.05) is 32.9 Å². The summed E-state index contributed by atoms with van der Waals surface area (Å²) in [6.45, 7) is 6.64. The first-order valence-electron chi connectivity index (χ1n) is 7.29. The van der Waals surface area contributed by atoms with Crippen molar-refractivity contribution in [2.75, 3.05) is 13.1 Å². The molecule has 5 nitrogen and oxygen atoms in total. The monoisotopic (exact) mass is 292 g/mol. The Morgan fingerprint density at radius 2 is 2.14 bits per heavy atom. The lowest BCUT2D eigenvalue weighted by atomic mass is 9.86. The SMILES string of the molecule is CC(C)(C)OC(=O)N1CCC(c2cccc(O)c2)C(N)C1. The molecule has 5 heteroatoms. The van der Waals surface area contributed by atoms with Gasteiger partial charge in [0, 0.05) is 25.0 Å². The Morgan fingerprint density at radius 3 is 2.71 bits per heavy atom. The van der Waals surface area contributed by atoms with Crippen molar-refractivity contribution >= 4 is 6.09 Å². The van der Waals surface area contributed by atoms with Crippen molar-refractivity contribution in [3.05, 3.63) is 29.8 Å². The van der Waals surface area contributed by atoms with Gasteiger partial charge in [0.05, 0.1) is 0 Å². The summed E-state index contributed by atoms with van der Waals surface area (Å²) in [7, 11) is 0. The summed E-state index contributed by atoms with van der Waals surface area (Å²) in [6.07, 6.45) is 0.455. The van der Waals surface area contributed by atoms with Crippen LogP contribution in [0.15, 0.2) is 24.3 Å². The number of piperidine rings is 1. The van der Waals surface area contributed by atoms with Crippen molar-refractivity contribution in [2.24, 2.45) is 5.73 Å². The van der Waals surface area contributed by atoms with E-state index in [0.29, 0.717) is 13.1 Å². The zero-order valence-electron chi connectivity index (χ0n) is 12.9. The van der Waals surface area contributed by atoms with Crippen LogP contribution >= 0.6 is 0 Å². The van der Waals surface area contributed by atoms with Crippen molar-refractivity contribution < 1.29 is 14.6 Å². The van der Waals surface area contributed by atoms with Crippen LogP contribution in [0.5, 0.6) is 5.75 Å². The third kappa shape index (κ3) is 4.11. The standard InChI is InChI=1S/C16H24N2O3/c1-16(2,3)21-15(20)18-8-7-13(14(17)10-18)11-5-4-6-12(19)9-11/h4-6,9,13-14,19H,7-8,10,17H2,1-3H3. The number of hydrogen-bond acceptors (Lipinski definition) is 4. The molecular weight excluding hydrogens is 268 g/mol. The molecular formula is C16H24N2O3. The Labute approximate surface area is 125 Å². The summed E-state index contributed by atoms with van der Waals surface area (Å²) >= 11 is 0. The van der Waals surface area contributed by atoms with Crippen LogP contribution in [0.4, 0.5) is 4.79 Å². The second kappa shape index (κ2) is 5.93. The molecule has 1 amide bonds. The fourth-order valence-electron chi connectivity index (χ4n) is 2.64. The van der Waals surface area contributed by atoms with Crippen LogP contribution in [0.25, 0.3) is 0 Å². The summed E-state index contributed by atoms with van der Waals surface area (Å²) in [6, 6.07) is 7.01. The first-order chi connectivity index (χ1) is 9.76. The van der Waals surface area contributed by atoms with Crippen molar-refractivity contribution in [3.8, 4) is 5.75 Å². The molecule has 1 heterocycles. The Hall–Kier alpha value is -1.75. The maximum atomic E-state index is 12.1. The highest BCUT2D eigenvalue weighted by Gasteiger charge is 2.32. The summed E-state index contributed by atoms with van der Waals surface area (Å²) in [4.78, 5) is 13.7. The van der Waals surface area contributed by atoms with Gasteiger partial charge in [-0.15, -0.1) is 0 Å². The molecule has 1 aliphatic heterocycles. The van der Waals surface area contributed by atoms with Crippen LogP contribution in [-0.4, -0.2) is 40.8 Å². The third-order valence-corrected chi connectivity index (χ3v) is 3.61. The van der Waals surface area contributed by atoms with E-state index >= 15 is 0 Å². The van der Waals surface area contributed by atoms with E-state index in [2.05, 4.69) is 0 Å². The maximum Gasteiger partial charge on any atom is 0.410 e. The minimum Gasteiger partial charge on any atom is -0.508 e. The Bertz CT molecular complexity index is 510. The molecule has 0 bridgehead atoms. The van der Waals surface area contributed by atoms with E-state index in [0.717, 1.165) is 12.0 Å². The number of ether oxygens (including phenoxy) is 1. The summed E-state index contributed by atoms with van der Waals surface area (Å²) in [5.41, 5.74) is 6.74. The van der Waals surface area contributed by atoms with Gasteiger partial charge in [0.1, 0.15) is 11.4 Å². The van der Waals surface area contributed by atoms with Gasteiger partial charge < -0.3 is 20.5 Å². The first-order valence-corrected chi connectivity index (χ1v) is 7.29. The van der Waals surface area contributed by atoms with Crippen LogP contribution in [0.3, 0.4) is 0 Å². The van der Waals surface area contributed by atoms with Crippen LogP contribution in [0, 0.1) is 0 Å². The minimum absolute atomic E-state index is 0.149. The van der Waals surface area contributed by atoms with Crippen LogP contribution in [-0.2, 0) is 4.74 Å². The van der Waals surface area contributed by atoms with Crippen LogP contribution in [0.1, 0.15) is 38.7 Å². The number of phenolic OH excluding ortho intramolecular Hbond substituents is 1. The van der Waals surface area contributed by atoms with Gasteiger partial charge in [0.25, 0.3) is 0 Å². The molecule has 2 atom stereocenters. The highest BCUT2D eigenvalue weighted by molar-refractivity contribution is 5.68. The Kier molecular flexibility index (Phi) is 4.42. The molecule has 0 aromatic heterocycles. The van der Waals surface area contributed by atoms with Gasteiger partial charge >= 0.3 is 6.09 Å². The number of carbonyl (C=O) groups is 1. The van der Waals surface area contributed by atoms with Crippen LogP contribution in [0.2, 0.25) is 0 Å². The van der Waals surface area contributed by atoms with E-state index in [1.165, 1.54) is 0 Å². The molecule has 1 aromatic carbocycles. The molecule has 0 saturated carbocycles. The van der Waals surface area contributed by atoms with Crippen LogP contribution < -0.4 is 5.73 Å². The normalized spacial score (nSPS) is 23.0. The number of aromatic hydroxyl groups is 1. The first kappa shape index (κ1) is 15.6. The average molecular weight is 292 g/mol. The molecule has 1 aliphatic rings. The van der Waals surface area contributed by atoms with Gasteiger partial charge in [0.15, 0.2) is 0 Å². The number of hydrogen-bond donors (Lipinski definition) is 2. The smallest absolute Gasteiger partial charge is 0.410 e. The second-order valence-electron chi connectivity index (χ2n) is 6.58. The molecule has 21 heavy (non-hydrogen) atoms. The highest BCUT2D eigenvalue weighted by Crippen LogP contribution is 2.29. The van der Waals surface area contributed by atoms with Crippen molar-refractivity contribution in [3.63, 3.8) is 0 Å². The largest absolute Gasteiger partial charge is 0.508 e. The average Bonchev–Trinajstić information content (AvgIpc) is 2.36. The molecule has 0 radical (unpaired) electrons. The minimum atomic E-state index is -0.497. The fraction of sp³-hybridized carbons (Fsp3) is 0.562. The summed E-state index contributed by atoms with van der Waals surface area (Å²) in [5, 5.41) is 9.57. The molecule has 1 fully saturated rings. The van der Waals surface area contributed by atoms with E-state index in [4.69, 9.17) is 10.5 Å². The van der Waals surface area contributed by atoms with E-state index in [-0.39, 0.29) is 23.8 Å². The molecule has 3 N–H and O–H groups in total. The van der Waals surface area contributed by atoms with E-state index in [9.17, 15) is 9.90 Å². The molecule has 1 saturated heterocycles. The van der Waals surface area contributed by atoms with E-state index in [1.54, 1.807) is 17.0 Å². The fourth-order valence-corrected chi connectivity index (χ4v) is 2.64. The lowest BCUT2D eigenvalue weighted by Crippen LogP contribution is -2.50. The number of rotatable bonds is 1. The lowest BCUT2D eigenvalue weighted by Gasteiger charge is -2.37. The predicted octanol–water partition coefficient (Wildman–Crippen LogP) is 2.44. The predicted molar refractivity (Wildman–Crippen MR) is 81.2 cm³/mol. The quantitative estimate of drug-likeness (QED) is 0.833. The van der Waals surface area contributed by atoms with Gasteiger partial charge in [-0.05, 0) is 44.9 Å². The number of phenols is 1. The Morgan fingerprint density at radius 1 is 1.43 bits per heavy atom. The van der Waals surface area contributed by atoms with E-state index < -0.39 is 5.60 Å². The van der Waals surface area contributed by atoms with Crippen molar-refractivity contribution in [2.45, 2.75) is 44.8 Å². The number of benzene rings is 1. The highest BCUT2D eigenvalue weighted by atomic mass is 16.6. The van der Waals surface area contributed by atoms with Crippen molar-refractivity contribution in [1.29, 1.82) is 0 Å². The van der Waals surface area contributed by atoms with Gasteiger partial charge in [-0.2, -0.15) is 0 Å². The lowest BCUT2D eigenvalue weighted by molar-refractivity contribution is 0.0186. The molecule has 116 valence electrons. The van der Waals surface area contributed by atoms with Gasteiger partial charge in [-0.3, -0.25) is 0 Å². The molecule has 0 spiro atoms. The van der Waals surface area contributed by atoms with Gasteiger partial charge in [0.2, 0.25) is 0 Å². The second-order valence-corrected chi connectivity index (χ2v) is 6.58. The number of likely N-dealkylation sites (tertiary alicyclic amines) is 1. The third-order valence-electron chi connectivity index (χ3n) is 3.61. The number of nitrogens with two attached hydrogens (primary N) is 1. The summed E-state index contributed by atoms with van der Waals surface area (Å²) < 4.78 is 5.38. The Balaban J connectivity index is 2.01. The molecule has 0 aliphatic carbocycles. The zero-order valence-corrected chi connectivity index (χ0v) is 12.9. The molecule has 2 rings (SSSR count). The number of carbonyl (C=O) groups excluding carboxylic acids is 1. The zero-order chi connectivity index (χ0) is 15.6. The van der Waals surface area contributed by atoms with Gasteiger partial charge in [-0.1, -0.05) is 12.1 Å². The number of nitrogens with zero attached hydrogens (tertiary/aromatic N) is 1. The topological polar surface area (TPSA) is 75.8 Å². The molecule has 1 aromatic rings.